The fourth-order valence-electron chi connectivity index (χ4n) is 2.61. The topological polar surface area (TPSA) is 58.4 Å². The van der Waals surface area contributed by atoms with Crippen molar-refractivity contribution in [2.24, 2.45) is 11.7 Å². The van der Waals surface area contributed by atoms with Gasteiger partial charge in [-0.05, 0) is 49.5 Å². The van der Waals surface area contributed by atoms with Crippen molar-refractivity contribution < 1.29 is 9.18 Å². The zero-order valence-electron chi connectivity index (χ0n) is 12.5. The molecule has 0 radical (unpaired) electrons. The van der Waals surface area contributed by atoms with E-state index in [-0.39, 0.29) is 17.8 Å². The molecule has 2 rings (SSSR count). The standard InChI is InChI=1S/C16H24FN3O/c1-12(9-18)10-19-16(21)15-3-2-8-20(15)11-13-4-6-14(17)7-5-13/h4-7,12,15H,2-3,8-11,18H2,1H3,(H,19,21). The molecular formula is C16H24FN3O. The van der Waals surface area contributed by atoms with Crippen LogP contribution in [0.3, 0.4) is 0 Å². The number of carbonyl (C=O) groups excluding carboxylic acids is 1. The van der Waals surface area contributed by atoms with E-state index < -0.39 is 0 Å². The van der Waals surface area contributed by atoms with Crippen LogP contribution in [0.15, 0.2) is 24.3 Å². The number of nitrogens with two attached hydrogens (primary N) is 1. The van der Waals surface area contributed by atoms with Gasteiger partial charge in [-0.15, -0.1) is 0 Å². The Kier molecular flexibility index (Phi) is 5.70. The number of likely N-dealkylation sites (tertiary alicyclic amines) is 1. The first-order valence-electron chi connectivity index (χ1n) is 7.56. The third-order valence-corrected chi connectivity index (χ3v) is 3.99. The van der Waals surface area contributed by atoms with Gasteiger partial charge in [0.2, 0.25) is 5.91 Å². The molecule has 3 N–H and O–H groups in total. The minimum atomic E-state index is -0.231. The third-order valence-electron chi connectivity index (χ3n) is 3.99. The number of hydrogen-bond acceptors (Lipinski definition) is 3. The van der Waals surface area contributed by atoms with Gasteiger partial charge in [0, 0.05) is 13.1 Å². The summed E-state index contributed by atoms with van der Waals surface area (Å²) in [6, 6.07) is 6.39. The first kappa shape index (κ1) is 15.9. The highest BCUT2D eigenvalue weighted by molar-refractivity contribution is 5.82. The van der Waals surface area contributed by atoms with Crippen LogP contribution in [0.5, 0.6) is 0 Å². The first-order chi connectivity index (χ1) is 10.1. The lowest BCUT2D eigenvalue weighted by atomic mass is 10.1. The molecule has 1 heterocycles. The Morgan fingerprint density at radius 2 is 2.19 bits per heavy atom. The molecule has 1 saturated heterocycles. The van der Waals surface area contributed by atoms with Crippen LogP contribution in [0.1, 0.15) is 25.3 Å². The van der Waals surface area contributed by atoms with Crippen LogP contribution in [0.2, 0.25) is 0 Å². The van der Waals surface area contributed by atoms with E-state index in [2.05, 4.69) is 10.2 Å². The number of halogens is 1. The molecule has 1 fully saturated rings. The zero-order chi connectivity index (χ0) is 15.2. The number of benzene rings is 1. The predicted molar refractivity (Wildman–Crippen MR) is 81.1 cm³/mol. The number of hydrogen-bond donors (Lipinski definition) is 2. The van der Waals surface area contributed by atoms with Crippen LogP contribution in [-0.4, -0.2) is 36.5 Å². The Bertz CT molecular complexity index is 463. The average molecular weight is 293 g/mol. The van der Waals surface area contributed by atoms with E-state index in [4.69, 9.17) is 5.73 Å². The number of carbonyl (C=O) groups is 1. The van der Waals surface area contributed by atoms with Gasteiger partial charge < -0.3 is 11.1 Å². The molecule has 2 unspecified atom stereocenters. The van der Waals surface area contributed by atoms with Gasteiger partial charge in [-0.1, -0.05) is 19.1 Å². The summed E-state index contributed by atoms with van der Waals surface area (Å²) < 4.78 is 12.9. The molecule has 1 aliphatic heterocycles. The van der Waals surface area contributed by atoms with Crippen LogP contribution in [0.25, 0.3) is 0 Å². The highest BCUT2D eigenvalue weighted by Crippen LogP contribution is 2.20. The van der Waals surface area contributed by atoms with E-state index in [0.717, 1.165) is 24.9 Å². The summed E-state index contributed by atoms with van der Waals surface area (Å²) in [6.45, 7) is 4.80. The molecule has 5 heteroatoms. The van der Waals surface area contributed by atoms with Crippen LogP contribution in [0, 0.1) is 11.7 Å². The molecule has 1 aliphatic rings. The lowest BCUT2D eigenvalue weighted by Crippen LogP contribution is -2.44. The largest absolute Gasteiger partial charge is 0.354 e. The minimum absolute atomic E-state index is 0.0786. The van der Waals surface area contributed by atoms with Crippen LogP contribution in [-0.2, 0) is 11.3 Å². The van der Waals surface area contributed by atoms with Crippen molar-refractivity contribution in [3.05, 3.63) is 35.6 Å². The summed E-state index contributed by atoms with van der Waals surface area (Å²) >= 11 is 0. The van der Waals surface area contributed by atoms with Crippen LogP contribution in [0.4, 0.5) is 4.39 Å². The van der Waals surface area contributed by atoms with Crippen molar-refractivity contribution in [1.29, 1.82) is 0 Å². The normalized spacial score (nSPS) is 20.4. The Morgan fingerprint density at radius 3 is 2.86 bits per heavy atom. The lowest BCUT2D eigenvalue weighted by molar-refractivity contribution is -0.125. The summed E-state index contributed by atoms with van der Waals surface area (Å²) in [6.07, 6.45) is 1.90. The van der Waals surface area contributed by atoms with Gasteiger partial charge in [-0.3, -0.25) is 9.69 Å². The van der Waals surface area contributed by atoms with Gasteiger partial charge in [0.05, 0.1) is 6.04 Å². The van der Waals surface area contributed by atoms with Gasteiger partial charge in [0.25, 0.3) is 0 Å². The van der Waals surface area contributed by atoms with E-state index in [1.54, 1.807) is 12.1 Å². The highest BCUT2D eigenvalue weighted by atomic mass is 19.1. The van der Waals surface area contributed by atoms with Crippen molar-refractivity contribution in [3.63, 3.8) is 0 Å². The molecule has 21 heavy (non-hydrogen) atoms. The quantitative estimate of drug-likeness (QED) is 0.835. The average Bonchev–Trinajstić information content (AvgIpc) is 2.95. The summed E-state index contributed by atoms with van der Waals surface area (Å²) in [5.41, 5.74) is 6.59. The fourth-order valence-corrected chi connectivity index (χ4v) is 2.61. The van der Waals surface area contributed by atoms with Gasteiger partial charge in [-0.25, -0.2) is 4.39 Å². The fraction of sp³-hybridized carbons (Fsp3) is 0.562. The predicted octanol–water partition coefficient (Wildman–Crippen LogP) is 1.50. The van der Waals surface area contributed by atoms with E-state index in [0.29, 0.717) is 25.6 Å². The summed E-state index contributed by atoms with van der Waals surface area (Å²) in [5, 5.41) is 2.98. The maximum absolute atomic E-state index is 12.9. The molecular weight excluding hydrogens is 269 g/mol. The summed E-state index contributed by atoms with van der Waals surface area (Å²) in [4.78, 5) is 14.4. The molecule has 1 amide bonds. The van der Waals surface area contributed by atoms with Gasteiger partial charge in [0.1, 0.15) is 5.82 Å². The number of nitrogens with one attached hydrogen (secondary N) is 1. The SMILES string of the molecule is CC(CN)CNC(=O)C1CCCN1Cc1ccc(F)cc1. The molecule has 4 nitrogen and oxygen atoms in total. The lowest BCUT2D eigenvalue weighted by Gasteiger charge is -2.24. The smallest absolute Gasteiger partial charge is 0.237 e. The molecule has 1 aromatic rings. The van der Waals surface area contributed by atoms with E-state index in [9.17, 15) is 9.18 Å². The molecule has 0 aromatic heterocycles. The molecule has 0 saturated carbocycles. The van der Waals surface area contributed by atoms with E-state index in [1.165, 1.54) is 12.1 Å². The van der Waals surface area contributed by atoms with E-state index >= 15 is 0 Å². The molecule has 1 aromatic carbocycles. The highest BCUT2D eigenvalue weighted by Gasteiger charge is 2.30. The maximum atomic E-state index is 12.9. The molecule has 0 bridgehead atoms. The van der Waals surface area contributed by atoms with Crippen molar-refractivity contribution in [2.45, 2.75) is 32.4 Å². The zero-order valence-corrected chi connectivity index (χ0v) is 12.5. The van der Waals surface area contributed by atoms with Crippen molar-refractivity contribution >= 4 is 5.91 Å². The maximum Gasteiger partial charge on any atom is 0.237 e. The van der Waals surface area contributed by atoms with Crippen LogP contribution >= 0.6 is 0 Å². The Balaban J connectivity index is 1.90. The monoisotopic (exact) mass is 293 g/mol. The number of rotatable bonds is 6. The summed E-state index contributed by atoms with van der Waals surface area (Å²) in [5.74, 6) is 0.140. The van der Waals surface area contributed by atoms with Gasteiger partial charge >= 0.3 is 0 Å². The first-order valence-corrected chi connectivity index (χ1v) is 7.56. The van der Waals surface area contributed by atoms with Crippen molar-refractivity contribution in [2.75, 3.05) is 19.6 Å². The van der Waals surface area contributed by atoms with Gasteiger partial charge in [0.15, 0.2) is 0 Å². The van der Waals surface area contributed by atoms with Crippen LogP contribution < -0.4 is 11.1 Å². The van der Waals surface area contributed by atoms with E-state index in [1.807, 2.05) is 6.92 Å². The third kappa shape index (κ3) is 4.51. The van der Waals surface area contributed by atoms with Gasteiger partial charge in [-0.2, -0.15) is 0 Å². The Labute approximate surface area is 125 Å². The van der Waals surface area contributed by atoms with Crippen molar-refractivity contribution in [3.8, 4) is 0 Å². The molecule has 116 valence electrons. The Hall–Kier alpha value is -1.46. The second-order valence-electron chi connectivity index (χ2n) is 5.84. The second kappa shape index (κ2) is 7.52. The molecule has 2 atom stereocenters. The molecule has 0 spiro atoms. The molecule has 0 aliphatic carbocycles. The second-order valence-corrected chi connectivity index (χ2v) is 5.84. The minimum Gasteiger partial charge on any atom is -0.354 e. The number of amides is 1. The summed E-state index contributed by atoms with van der Waals surface area (Å²) in [7, 11) is 0. The number of nitrogens with zero attached hydrogens (tertiary/aromatic N) is 1. The Morgan fingerprint density at radius 1 is 1.48 bits per heavy atom. The van der Waals surface area contributed by atoms with Crippen molar-refractivity contribution in [1.82, 2.24) is 10.2 Å².